The number of aromatic carboxylic acids is 1. The molecule has 1 saturated heterocycles. The van der Waals surface area contributed by atoms with Crippen LogP contribution in [0.25, 0.3) is 0 Å². The number of morpholine rings is 1. The van der Waals surface area contributed by atoms with Crippen molar-refractivity contribution in [3.05, 3.63) is 33.9 Å². The predicted octanol–water partition coefficient (Wildman–Crippen LogP) is 2.03. The molecule has 0 unspecified atom stereocenters. The summed E-state index contributed by atoms with van der Waals surface area (Å²) in [5.74, 6) is -1.58. The average molecular weight is 353 g/mol. The summed E-state index contributed by atoms with van der Waals surface area (Å²) in [6.07, 6.45) is 1.80. The summed E-state index contributed by atoms with van der Waals surface area (Å²) in [6, 6.07) is 3.37. The summed E-state index contributed by atoms with van der Waals surface area (Å²) in [7, 11) is 0. The number of nitro groups is 1. The van der Waals surface area contributed by atoms with E-state index in [1.54, 1.807) is 0 Å². The van der Waals surface area contributed by atoms with Crippen LogP contribution in [0.15, 0.2) is 18.2 Å². The third-order valence-corrected chi connectivity index (χ3v) is 3.32. The van der Waals surface area contributed by atoms with Crippen LogP contribution in [0, 0.1) is 10.1 Å². The van der Waals surface area contributed by atoms with Crippen molar-refractivity contribution in [3.63, 3.8) is 0 Å². The van der Waals surface area contributed by atoms with Crippen LogP contribution in [0.2, 0.25) is 0 Å². The summed E-state index contributed by atoms with van der Waals surface area (Å²) in [4.78, 5) is 32.4. The van der Waals surface area contributed by atoms with Gasteiger partial charge < -0.3 is 20.5 Å². The fourth-order valence-electron chi connectivity index (χ4n) is 1.99. The lowest BCUT2D eigenvalue weighted by molar-refractivity contribution is -0.384. The zero-order valence-corrected chi connectivity index (χ0v) is 14.1. The van der Waals surface area contributed by atoms with E-state index in [9.17, 15) is 19.7 Å². The van der Waals surface area contributed by atoms with Gasteiger partial charge in [-0.1, -0.05) is 13.3 Å². The maximum Gasteiger partial charge on any atom is 0.335 e. The standard InChI is InChI=1S/C12H14N2O5.C4H9NO/c1-2-3-4-11(15)13-9-6-5-8(12(16)17)7-10(9)14(18)19;1-3-6-4-2-5-1/h5-7H,2-4H2,1H3,(H,13,15)(H,16,17);5H,1-4H2. The van der Waals surface area contributed by atoms with Gasteiger partial charge in [-0.25, -0.2) is 4.79 Å². The number of carbonyl (C=O) groups is 2. The quantitative estimate of drug-likeness (QED) is 0.527. The number of carboxylic acids is 1. The van der Waals surface area contributed by atoms with E-state index >= 15 is 0 Å². The molecule has 1 aliphatic rings. The van der Waals surface area contributed by atoms with E-state index in [-0.39, 0.29) is 23.6 Å². The number of benzene rings is 1. The van der Waals surface area contributed by atoms with E-state index in [0.717, 1.165) is 38.8 Å². The van der Waals surface area contributed by atoms with Crippen LogP contribution >= 0.6 is 0 Å². The van der Waals surface area contributed by atoms with Crippen molar-refractivity contribution >= 4 is 23.3 Å². The molecule has 9 nitrogen and oxygen atoms in total. The summed E-state index contributed by atoms with van der Waals surface area (Å²) in [6.45, 7) is 5.76. The molecule has 1 fully saturated rings. The molecular formula is C16H23N3O6. The number of carboxylic acid groups (broad SMARTS) is 1. The number of anilines is 1. The summed E-state index contributed by atoms with van der Waals surface area (Å²) in [5.41, 5.74) is -0.612. The van der Waals surface area contributed by atoms with Crippen LogP contribution in [0.3, 0.4) is 0 Å². The molecule has 1 aliphatic heterocycles. The van der Waals surface area contributed by atoms with Crippen molar-refractivity contribution < 1.29 is 24.4 Å². The Balaban J connectivity index is 0.000000435. The van der Waals surface area contributed by atoms with Gasteiger partial charge in [-0.3, -0.25) is 14.9 Å². The highest BCUT2D eigenvalue weighted by molar-refractivity contribution is 5.95. The van der Waals surface area contributed by atoms with E-state index in [1.165, 1.54) is 12.1 Å². The average Bonchev–Trinajstić information content (AvgIpc) is 2.62. The number of amides is 1. The highest BCUT2D eigenvalue weighted by Gasteiger charge is 2.18. The Morgan fingerprint density at radius 1 is 1.36 bits per heavy atom. The van der Waals surface area contributed by atoms with E-state index < -0.39 is 16.6 Å². The summed E-state index contributed by atoms with van der Waals surface area (Å²) < 4.78 is 5.01. The first kappa shape index (κ1) is 20.5. The predicted molar refractivity (Wildman–Crippen MR) is 91.9 cm³/mol. The minimum atomic E-state index is -1.26. The third kappa shape index (κ3) is 7.73. The molecular weight excluding hydrogens is 330 g/mol. The molecule has 138 valence electrons. The number of nitro benzene ring substituents is 1. The van der Waals surface area contributed by atoms with E-state index in [2.05, 4.69) is 10.6 Å². The van der Waals surface area contributed by atoms with Gasteiger partial charge in [0.2, 0.25) is 5.91 Å². The lowest BCUT2D eigenvalue weighted by Gasteiger charge is -2.10. The van der Waals surface area contributed by atoms with E-state index in [0.29, 0.717) is 6.42 Å². The zero-order valence-electron chi connectivity index (χ0n) is 14.1. The van der Waals surface area contributed by atoms with Gasteiger partial charge >= 0.3 is 5.97 Å². The summed E-state index contributed by atoms with van der Waals surface area (Å²) in [5, 5.41) is 25.2. The number of nitrogens with one attached hydrogen (secondary N) is 2. The molecule has 0 saturated carbocycles. The highest BCUT2D eigenvalue weighted by atomic mass is 16.6. The van der Waals surface area contributed by atoms with Crippen molar-refractivity contribution in [1.82, 2.24) is 5.32 Å². The van der Waals surface area contributed by atoms with Gasteiger partial charge in [-0.15, -0.1) is 0 Å². The fraction of sp³-hybridized carbons (Fsp3) is 0.500. The minimum Gasteiger partial charge on any atom is -0.478 e. The van der Waals surface area contributed by atoms with Gasteiger partial charge in [0.1, 0.15) is 5.69 Å². The maximum atomic E-state index is 11.5. The normalized spacial score (nSPS) is 13.3. The number of ether oxygens (including phenoxy) is 1. The molecule has 0 bridgehead atoms. The second kappa shape index (κ2) is 11.1. The van der Waals surface area contributed by atoms with Crippen molar-refractivity contribution in [2.24, 2.45) is 0 Å². The van der Waals surface area contributed by atoms with Crippen molar-refractivity contribution in [2.75, 3.05) is 31.6 Å². The molecule has 1 aromatic rings. The Hall–Kier alpha value is -2.52. The molecule has 25 heavy (non-hydrogen) atoms. The minimum absolute atomic E-state index is 0.0103. The van der Waals surface area contributed by atoms with Gasteiger partial charge in [-0.05, 0) is 18.6 Å². The molecule has 0 spiro atoms. The van der Waals surface area contributed by atoms with Crippen LogP contribution < -0.4 is 10.6 Å². The Bertz CT molecular complexity index is 590. The van der Waals surface area contributed by atoms with Crippen molar-refractivity contribution in [1.29, 1.82) is 0 Å². The van der Waals surface area contributed by atoms with Gasteiger partial charge in [0, 0.05) is 25.6 Å². The van der Waals surface area contributed by atoms with Gasteiger partial charge in [0.05, 0.1) is 23.7 Å². The Labute approximate surface area is 145 Å². The lowest BCUT2D eigenvalue weighted by atomic mass is 10.1. The maximum absolute atomic E-state index is 11.5. The Kier molecular flexibility index (Phi) is 9.12. The number of hydrogen-bond donors (Lipinski definition) is 3. The van der Waals surface area contributed by atoms with Gasteiger partial charge in [0.15, 0.2) is 0 Å². The topological polar surface area (TPSA) is 131 Å². The number of carbonyl (C=O) groups excluding carboxylic acids is 1. The van der Waals surface area contributed by atoms with E-state index in [4.69, 9.17) is 9.84 Å². The summed E-state index contributed by atoms with van der Waals surface area (Å²) >= 11 is 0. The van der Waals surface area contributed by atoms with Crippen LogP contribution in [-0.2, 0) is 9.53 Å². The number of hydrogen-bond acceptors (Lipinski definition) is 6. The smallest absolute Gasteiger partial charge is 0.335 e. The molecule has 3 N–H and O–H groups in total. The molecule has 1 aromatic carbocycles. The second-order valence-electron chi connectivity index (χ2n) is 5.31. The first-order chi connectivity index (χ1) is 12.0. The van der Waals surface area contributed by atoms with E-state index in [1.807, 2.05) is 6.92 Å². The highest BCUT2D eigenvalue weighted by Crippen LogP contribution is 2.25. The second-order valence-corrected chi connectivity index (χ2v) is 5.31. The number of nitrogens with zero attached hydrogens (tertiary/aromatic N) is 1. The monoisotopic (exact) mass is 353 g/mol. The SMILES string of the molecule is C1COCCN1.CCCCC(=O)Nc1ccc(C(=O)O)cc1[N+](=O)[O-]. The Morgan fingerprint density at radius 2 is 2.04 bits per heavy atom. The first-order valence-corrected chi connectivity index (χ1v) is 8.05. The van der Waals surface area contributed by atoms with Gasteiger partial charge in [-0.2, -0.15) is 0 Å². The molecule has 0 aliphatic carbocycles. The van der Waals surface area contributed by atoms with Crippen LogP contribution in [0.5, 0.6) is 0 Å². The number of unbranched alkanes of at least 4 members (excludes halogenated alkanes) is 1. The molecule has 0 atom stereocenters. The van der Waals surface area contributed by atoms with Gasteiger partial charge in [0.25, 0.3) is 5.69 Å². The number of rotatable bonds is 6. The lowest BCUT2D eigenvalue weighted by Crippen LogP contribution is -2.30. The molecule has 0 radical (unpaired) electrons. The molecule has 1 amide bonds. The third-order valence-electron chi connectivity index (χ3n) is 3.32. The van der Waals surface area contributed by atoms with Crippen LogP contribution in [-0.4, -0.2) is 48.2 Å². The zero-order chi connectivity index (χ0) is 18.7. The largest absolute Gasteiger partial charge is 0.478 e. The van der Waals surface area contributed by atoms with Crippen molar-refractivity contribution in [2.45, 2.75) is 26.2 Å². The molecule has 9 heteroatoms. The van der Waals surface area contributed by atoms with Crippen LogP contribution in [0.4, 0.5) is 11.4 Å². The first-order valence-electron chi connectivity index (χ1n) is 8.05. The molecule has 2 rings (SSSR count). The van der Waals surface area contributed by atoms with Crippen molar-refractivity contribution in [3.8, 4) is 0 Å². The van der Waals surface area contributed by atoms with Crippen LogP contribution in [0.1, 0.15) is 36.5 Å². The molecule has 0 aromatic heterocycles. The fourth-order valence-corrected chi connectivity index (χ4v) is 1.99. The molecule has 1 heterocycles. The Morgan fingerprint density at radius 3 is 2.48 bits per heavy atom.